The van der Waals surface area contributed by atoms with Gasteiger partial charge in [-0.3, -0.25) is 0 Å². The summed E-state index contributed by atoms with van der Waals surface area (Å²) in [5.41, 5.74) is 11.3. The summed E-state index contributed by atoms with van der Waals surface area (Å²) in [7, 11) is 0. The number of nitrogens with two attached hydrogens (primary N) is 2. The van der Waals surface area contributed by atoms with Crippen LogP contribution in [0.4, 0.5) is 0 Å². The van der Waals surface area contributed by atoms with Crippen LogP contribution in [0.3, 0.4) is 0 Å². The molecule has 12 heavy (non-hydrogen) atoms. The topological polar surface area (TPSA) is 70.5 Å². The second-order valence-corrected chi connectivity index (χ2v) is 3.85. The molecule has 1 fully saturated rings. The molecule has 3 atom stereocenters. The number of rotatable bonds is 2. The molecule has 4 nitrogen and oxygen atoms in total. The molecule has 0 aromatic rings. The van der Waals surface area contributed by atoms with Gasteiger partial charge in [-0.05, 0) is 27.2 Å². The van der Waals surface area contributed by atoms with Gasteiger partial charge in [0.2, 0.25) is 0 Å². The first-order chi connectivity index (χ1) is 5.41. The van der Waals surface area contributed by atoms with Gasteiger partial charge < -0.3 is 20.9 Å². The zero-order chi connectivity index (χ0) is 9.35. The van der Waals surface area contributed by atoms with E-state index in [-0.39, 0.29) is 18.4 Å². The fourth-order valence-corrected chi connectivity index (χ4v) is 1.41. The molecular formula is C8H18N2O2. The summed E-state index contributed by atoms with van der Waals surface area (Å²) in [6, 6.07) is 0.0959. The summed E-state index contributed by atoms with van der Waals surface area (Å²) >= 11 is 0. The summed E-state index contributed by atoms with van der Waals surface area (Å²) in [5.74, 6) is -0.557. The maximum Gasteiger partial charge on any atom is 0.165 e. The van der Waals surface area contributed by atoms with Gasteiger partial charge in [0.05, 0.1) is 0 Å². The molecule has 0 aliphatic carbocycles. The van der Waals surface area contributed by atoms with Crippen molar-refractivity contribution in [3.05, 3.63) is 0 Å². The molecule has 4 heteroatoms. The fourth-order valence-electron chi connectivity index (χ4n) is 1.41. The third-order valence-electron chi connectivity index (χ3n) is 1.83. The predicted octanol–water partition coefficient (Wildman–Crippen LogP) is 0.160. The van der Waals surface area contributed by atoms with Gasteiger partial charge in [-0.2, -0.15) is 0 Å². The highest BCUT2D eigenvalue weighted by Gasteiger charge is 2.39. The minimum atomic E-state index is -0.557. The second-order valence-electron chi connectivity index (χ2n) is 3.85. The van der Waals surface area contributed by atoms with Crippen molar-refractivity contribution >= 4 is 0 Å². The SMILES string of the molecule is CC(N)CC1OC(C)(C)OC1N. The predicted molar refractivity (Wildman–Crippen MR) is 46.3 cm³/mol. The van der Waals surface area contributed by atoms with Crippen LogP contribution in [0.15, 0.2) is 0 Å². The number of ether oxygens (including phenoxy) is 2. The smallest absolute Gasteiger partial charge is 0.165 e. The van der Waals surface area contributed by atoms with Gasteiger partial charge in [0, 0.05) is 6.04 Å². The molecule has 1 aliphatic heterocycles. The Morgan fingerprint density at radius 2 is 2.00 bits per heavy atom. The van der Waals surface area contributed by atoms with Gasteiger partial charge in [0.1, 0.15) is 12.3 Å². The van der Waals surface area contributed by atoms with E-state index in [1.54, 1.807) is 0 Å². The van der Waals surface area contributed by atoms with Crippen LogP contribution in [-0.2, 0) is 9.47 Å². The standard InChI is InChI=1S/C8H18N2O2/c1-5(9)4-6-7(10)12-8(2,3)11-6/h5-7H,4,9-10H2,1-3H3. The van der Waals surface area contributed by atoms with Crippen LogP contribution in [-0.4, -0.2) is 24.2 Å². The lowest BCUT2D eigenvalue weighted by Gasteiger charge is -2.17. The average Bonchev–Trinajstić information content (AvgIpc) is 2.03. The molecule has 1 saturated heterocycles. The maximum atomic E-state index is 5.70. The number of hydrogen-bond donors (Lipinski definition) is 2. The molecular weight excluding hydrogens is 156 g/mol. The first-order valence-corrected chi connectivity index (χ1v) is 4.27. The first kappa shape index (κ1) is 9.92. The van der Waals surface area contributed by atoms with Gasteiger partial charge in [0.25, 0.3) is 0 Å². The Hall–Kier alpha value is -0.160. The molecule has 1 rings (SSSR count). The van der Waals surface area contributed by atoms with Crippen molar-refractivity contribution in [2.75, 3.05) is 0 Å². The van der Waals surface area contributed by atoms with E-state index < -0.39 is 5.79 Å². The number of hydrogen-bond acceptors (Lipinski definition) is 4. The van der Waals surface area contributed by atoms with Gasteiger partial charge in [-0.15, -0.1) is 0 Å². The largest absolute Gasteiger partial charge is 0.343 e. The molecule has 3 unspecified atom stereocenters. The molecule has 4 N–H and O–H groups in total. The van der Waals surface area contributed by atoms with E-state index in [4.69, 9.17) is 20.9 Å². The zero-order valence-corrected chi connectivity index (χ0v) is 7.91. The minimum Gasteiger partial charge on any atom is -0.343 e. The minimum absolute atomic E-state index is 0.0694. The highest BCUT2D eigenvalue weighted by Crippen LogP contribution is 2.27. The summed E-state index contributed by atoms with van der Waals surface area (Å²) in [4.78, 5) is 0. The van der Waals surface area contributed by atoms with E-state index >= 15 is 0 Å². The summed E-state index contributed by atoms with van der Waals surface area (Å²) < 4.78 is 10.9. The van der Waals surface area contributed by atoms with Crippen LogP contribution in [0.25, 0.3) is 0 Å². The monoisotopic (exact) mass is 174 g/mol. The summed E-state index contributed by atoms with van der Waals surface area (Å²) in [5, 5.41) is 0. The second kappa shape index (κ2) is 3.30. The molecule has 0 bridgehead atoms. The van der Waals surface area contributed by atoms with E-state index in [1.807, 2.05) is 20.8 Å². The highest BCUT2D eigenvalue weighted by atomic mass is 16.8. The van der Waals surface area contributed by atoms with E-state index in [0.717, 1.165) is 6.42 Å². The van der Waals surface area contributed by atoms with Crippen molar-refractivity contribution in [2.24, 2.45) is 11.5 Å². The highest BCUT2D eigenvalue weighted by molar-refractivity contribution is 4.79. The Morgan fingerprint density at radius 3 is 2.33 bits per heavy atom. The molecule has 0 amide bonds. The van der Waals surface area contributed by atoms with Crippen LogP contribution < -0.4 is 11.5 Å². The molecule has 0 aromatic carbocycles. The Kier molecular flexibility index (Phi) is 2.73. The molecule has 0 spiro atoms. The van der Waals surface area contributed by atoms with Gasteiger partial charge >= 0.3 is 0 Å². The molecule has 1 aliphatic rings. The van der Waals surface area contributed by atoms with Crippen LogP contribution in [0.2, 0.25) is 0 Å². The average molecular weight is 174 g/mol. The van der Waals surface area contributed by atoms with Gasteiger partial charge in [-0.25, -0.2) is 0 Å². The third kappa shape index (κ3) is 2.42. The van der Waals surface area contributed by atoms with Gasteiger partial charge in [0.15, 0.2) is 5.79 Å². The van der Waals surface area contributed by atoms with Crippen LogP contribution in [0.1, 0.15) is 27.2 Å². The lowest BCUT2D eigenvalue weighted by Crippen LogP contribution is -2.35. The van der Waals surface area contributed by atoms with Crippen molar-refractivity contribution in [1.29, 1.82) is 0 Å². The fraction of sp³-hybridized carbons (Fsp3) is 1.00. The Balaban J connectivity index is 2.47. The van der Waals surface area contributed by atoms with E-state index in [1.165, 1.54) is 0 Å². The van der Waals surface area contributed by atoms with E-state index in [2.05, 4.69) is 0 Å². The zero-order valence-electron chi connectivity index (χ0n) is 7.91. The third-order valence-corrected chi connectivity index (χ3v) is 1.83. The van der Waals surface area contributed by atoms with Crippen molar-refractivity contribution in [1.82, 2.24) is 0 Å². The lowest BCUT2D eigenvalue weighted by molar-refractivity contribution is -0.146. The quantitative estimate of drug-likeness (QED) is 0.625. The lowest BCUT2D eigenvalue weighted by atomic mass is 10.1. The maximum absolute atomic E-state index is 5.70. The normalized spacial score (nSPS) is 36.8. The van der Waals surface area contributed by atoms with Crippen LogP contribution in [0.5, 0.6) is 0 Å². The van der Waals surface area contributed by atoms with Crippen LogP contribution in [0, 0.1) is 0 Å². The summed E-state index contributed by atoms with van der Waals surface area (Å²) in [6.07, 6.45) is 0.330. The van der Waals surface area contributed by atoms with Crippen molar-refractivity contribution in [3.63, 3.8) is 0 Å². The van der Waals surface area contributed by atoms with E-state index in [9.17, 15) is 0 Å². The van der Waals surface area contributed by atoms with E-state index in [0.29, 0.717) is 0 Å². The molecule has 0 radical (unpaired) electrons. The van der Waals surface area contributed by atoms with Crippen molar-refractivity contribution in [2.45, 2.75) is 51.4 Å². The Morgan fingerprint density at radius 1 is 1.42 bits per heavy atom. The Bertz CT molecular complexity index is 159. The van der Waals surface area contributed by atoms with Crippen molar-refractivity contribution in [3.8, 4) is 0 Å². The molecule has 0 saturated carbocycles. The van der Waals surface area contributed by atoms with Crippen LogP contribution >= 0.6 is 0 Å². The van der Waals surface area contributed by atoms with Crippen molar-refractivity contribution < 1.29 is 9.47 Å². The molecule has 72 valence electrons. The Labute approximate surface area is 73.2 Å². The molecule has 0 aromatic heterocycles. The van der Waals surface area contributed by atoms with Gasteiger partial charge in [-0.1, -0.05) is 0 Å². The first-order valence-electron chi connectivity index (χ1n) is 4.27. The molecule has 1 heterocycles. The summed E-state index contributed by atoms with van der Waals surface area (Å²) in [6.45, 7) is 5.64.